The molecule has 2 N–H and O–H groups in total. The minimum absolute atomic E-state index is 0.0809. The van der Waals surface area contributed by atoms with Crippen molar-refractivity contribution >= 4 is 35.0 Å². The molecule has 1 heterocycles. The summed E-state index contributed by atoms with van der Waals surface area (Å²) in [6.07, 6.45) is 0.711. The lowest BCUT2D eigenvalue weighted by Crippen LogP contribution is -2.45. The first-order valence-corrected chi connectivity index (χ1v) is 8.48. The predicted molar refractivity (Wildman–Crippen MR) is 82.0 cm³/mol. The average Bonchev–Trinajstić information content (AvgIpc) is 2.80. The number of aromatic nitrogens is 1. The van der Waals surface area contributed by atoms with Crippen molar-refractivity contribution in [3.05, 3.63) is 16.1 Å². The highest BCUT2D eigenvalue weighted by molar-refractivity contribution is 7.99. The smallest absolute Gasteiger partial charge is 0.326 e. The Morgan fingerprint density at radius 2 is 2.25 bits per heavy atom. The maximum Gasteiger partial charge on any atom is 0.326 e. The maximum atomic E-state index is 11.8. The van der Waals surface area contributed by atoms with Gasteiger partial charge in [0.15, 0.2) is 0 Å². The minimum atomic E-state index is -0.979. The number of aryl methyl sites for hydroxylation is 1. The average molecular weight is 316 g/mol. The molecule has 2 unspecified atom stereocenters. The summed E-state index contributed by atoms with van der Waals surface area (Å²) in [4.78, 5) is 27.2. The third-order valence-electron chi connectivity index (χ3n) is 2.95. The summed E-state index contributed by atoms with van der Waals surface area (Å²) in [5.74, 6) is -0.388. The molecule has 112 valence electrons. The highest BCUT2D eigenvalue weighted by atomic mass is 32.2. The van der Waals surface area contributed by atoms with Gasteiger partial charge in [-0.1, -0.05) is 20.3 Å². The first kappa shape index (κ1) is 17.0. The molecule has 0 fully saturated rings. The fourth-order valence-corrected chi connectivity index (χ4v) is 3.07. The van der Waals surface area contributed by atoms with Crippen molar-refractivity contribution in [3.63, 3.8) is 0 Å². The van der Waals surface area contributed by atoms with Gasteiger partial charge in [0.2, 0.25) is 5.91 Å². The van der Waals surface area contributed by atoms with Crippen LogP contribution in [0.5, 0.6) is 0 Å². The van der Waals surface area contributed by atoms with Crippen molar-refractivity contribution < 1.29 is 14.7 Å². The normalized spacial score (nSPS) is 13.8. The van der Waals surface area contributed by atoms with E-state index < -0.39 is 12.0 Å². The van der Waals surface area contributed by atoms with Crippen LogP contribution >= 0.6 is 23.1 Å². The number of nitrogens with zero attached hydrogens (tertiary/aromatic N) is 1. The van der Waals surface area contributed by atoms with Gasteiger partial charge in [0.05, 0.1) is 16.5 Å². The zero-order valence-corrected chi connectivity index (χ0v) is 13.5. The quantitative estimate of drug-likeness (QED) is 0.769. The molecule has 7 heteroatoms. The molecule has 1 rings (SSSR count). The fourth-order valence-electron chi connectivity index (χ4n) is 1.62. The Morgan fingerprint density at radius 1 is 1.55 bits per heavy atom. The number of thiazole rings is 1. The third kappa shape index (κ3) is 5.50. The van der Waals surface area contributed by atoms with Crippen LogP contribution in [0.4, 0.5) is 0 Å². The molecule has 1 amide bonds. The zero-order valence-electron chi connectivity index (χ0n) is 11.9. The van der Waals surface area contributed by atoms with Crippen LogP contribution in [0, 0.1) is 12.8 Å². The van der Waals surface area contributed by atoms with E-state index in [0.29, 0.717) is 12.2 Å². The second-order valence-corrected chi connectivity index (χ2v) is 6.67. The van der Waals surface area contributed by atoms with Crippen molar-refractivity contribution in [2.75, 3.05) is 5.75 Å². The predicted octanol–water partition coefficient (Wildman–Crippen LogP) is 2.30. The van der Waals surface area contributed by atoms with E-state index in [1.807, 2.05) is 26.2 Å². The molecule has 1 aromatic rings. The van der Waals surface area contributed by atoms with Gasteiger partial charge in [-0.15, -0.1) is 23.1 Å². The zero-order chi connectivity index (χ0) is 15.1. The summed E-state index contributed by atoms with van der Waals surface area (Å²) in [5.41, 5.74) is 0.960. The van der Waals surface area contributed by atoms with E-state index in [-0.39, 0.29) is 17.6 Å². The Morgan fingerprint density at radius 3 is 2.75 bits per heavy atom. The third-order valence-corrected chi connectivity index (χ3v) is 4.73. The van der Waals surface area contributed by atoms with Crippen LogP contribution < -0.4 is 5.32 Å². The molecule has 0 spiro atoms. The highest BCUT2D eigenvalue weighted by Crippen LogP contribution is 2.15. The second kappa shape index (κ2) is 8.26. The standard InChI is InChI=1S/C13H20N2O3S2/c1-4-8(2)12(13(17)18)15-11(16)7-19-5-10-6-20-9(3)14-10/h6,8,12H,4-5,7H2,1-3H3,(H,15,16)(H,17,18). The fraction of sp³-hybridized carbons (Fsp3) is 0.615. The monoisotopic (exact) mass is 316 g/mol. The van der Waals surface area contributed by atoms with Gasteiger partial charge >= 0.3 is 5.97 Å². The number of carbonyl (C=O) groups is 2. The van der Waals surface area contributed by atoms with E-state index in [2.05, 4.69) is 10.3 Å². The van der Waals surface area contributed by atoms with Crippen molar-refractivity contribution in [2.24, 2.45) is 5.92 Å². The van der Waals surface area contributed by atoms with E-state index in [1.165, 1.54) is 11.8 Å². The molecule has 2 atom stereocenters. The van der Waals surface area contributed by atoms with Gasteiger partial charge in [-0.2, -0.15) is 0 Å². The van der Waals surface area contributed by atoms with Gasteiger partial charge in [0, 0.05) is 11.1 Å². The van der Waals surface area contributed by atoms with E-state index >= 15 is 0 Å². The minimum Gasteiger partial charge on any atom is -0.480 e. The van der Waals surface area contributed by atoms with Crippen molar-refractivity contribution in [1.29, 1.82) is 0 Å². The summed E-state index contributed by atoms with van der Waals surface area (Å²) in [7, 11) is 0. The number of rotatable bonds is 8. The Balaban J connectivity index is 2.36. The Hall–Kier alpha value is -1.08. The molecule has 5 nitrogen and oxygen atoms in total. The van der Waals surface area contributed by atoms with Crippen LogP contribution in [0.3, 0.4) is 0 Å². The van der Waals surface area contributed by atoms with Gasteiger partial charge in [-0.25, -0.2) is 9.78 Å². The largest absolute Gasteiger partial charge is 0.480 e. The maximum absolute atomic E-state index is 11.8. The molecule has 0 saturated carbocycles. The number of aliphatic carboxylic acids is 1. The van der Waals surface area contributed by atoms with Gasteiger partial charge in [-0.05, 0) is 12.8 Å². The number of carboxylic acids is 1. The molecule has 0 aliphatic rings. The molecule has 0 bridgehead atoms. The summed E-state index contributed by atoms with van der Waals surface area (Å²) >= 11 is 3.02. The van der Waals surface area contributed by atoms with Gasteiger partial charge in [0.1, 0.15) is 6.04 Å². The Bertz CT molecular complexity index is 462. The first-order chi connectivity index (χ1) is 9.43. The van der Waals surface area contributed by atoms with E-state index in [4.69, 9.17) is 5.11 Å². The molecular weight excluding hydrogens is 296 g/mol. The Labute approximate surface area is 127 Å². The Kier molecular flexibility index (Phi) is 7.01. The first-order valence-electron chi connectivity index (χ1n) is 6.45. The molecule has 0 aliphatic carbocycles. The van der Waals surface area contributed by atoms with E-state index in [9.17, 15) is 9.59 Å². The topological polar surface area (TPSA) is 79.3 Å². The van der Waals surface area contributed by atoms with Crippen molar-refractivity contribution in [1.82, 2.24) is 10.3 Å². The highest BCUT2D eigenvalue weighted by Gasteiger charge is 2.24. The van der Waals surface area contributed by atoms with Gasteiger partial charge in [-0.3, -0.25) is 4.79 Å². The number of amides is 1. The number of carboxylic acid groups (broad SMARTS) is 1. The van der Waals surface area contributed by atoms with Crippen LogP contribution in [0.1, 0.15) is 31.0 Å². The van der Waals surface area contributed by atoms with Crippen LogP contribution in [0.2, 0.25) is 0 Å². The van der Waals surface area contributed by atoms with Crippen molar-refractivity contribution in [2.45, 2.75) is 39.0 Å². The van der Waals surface area contributed by atoms with Crippen LogP contribution in [-0.4, -0.2) is 33.8 Å². The molecule has 0 aromatic carbocycles. The summed E-state index contributed by atoms with van der Waals surface area (Å²) in [5, 5.41) is 14.7. The lowest BCUT2D eigenvalue weighted by atomic mass is 9.99. The molecule has 0 saturated heterocycles. The molecule has 0 aliphatic heterocycles. The van der Waals surface area contributed by atoms with E-state index in [1.54, 1.807) is 11.3 Å². The second-order valence-electron chi connectivity index (χ2n) is 4.62. The van der Waals surface area contributed by atoms with Crippen LogP contribution in [0.25, 0.3) is 0 Å². The molecular formula is C13H20N2O3S2. The summed E-state index contributed by atoms with van der Waals surface area (Å²) < 4.78 is 0. The molecule has 1 aromatic heterocycles. The van der Waals surface area contributed by atoms with Gasteiger partial charge < -0.3 is 10.4 Å². The number of thioether (sulfide) groups is 1. The van der Waals surface area contributed by atoms with Crippen molar-refractivity contribution in [3.8, 4) is 0 Å². The number of hydrogen-bond acceptors (Lipinski definition) is 5. The van der Waals surface area contributed by atoms with Crippen LogP contribution in [-0.2, 0) is 15.3 Å². The number of nitrogens with one attached hydrogen (secondary N) is 1. The van der Waals surface area contributed by atoms with Crippen LogP contribution in [0.15, 0.2) is 5.38 Å². The molecule has 20 heavy (non-hydrogen) atoms. The molecule has 0 radical (unpaired) electrons. The lowest BCUT2D eigenvalue weighted by Gasteiger charge is -2.19. The summed E-state index contributed by atoms with van der Waals surface area (Å²) in [6, 6.07) is -0.811. The number of hydrogen-bond donors (Lipinski definition) is 2. The van der Waals surface area contributed by atoms with E-state index in [0.717, 1.165) is 10.7 Å². The summed E-state index contributed by atoms with van der Waals surface area (Å²) in [6.45, 7) is 5.67. The lowest BCUT2D eigenvalue weighted by molar-refractivity contribution is -0.143. The van der Waals surface area contributed by atoms with Gasteiger partial charge in [0.25, 0.3) is 0 Å². The SMILES string of the molecule is CCC(C)C(NC(=O)CSCc1csc(C)n1)C(=O)O. The number of carbonyl (C=O) groups excluding carboxylic acids is 1.